The van der Waals surface area contributed by atoms with E-state index in [1.807, 2.05) is 13.0 Å². The van der Waals surface area contributed by atoms with Crippen LogP contribution in [0.1, 0.15) is 17.3 Å². The number of fused-ring (bicyclic) bond motifs is 1. The Bertz CT molecular complexity index is 496. The molecular formula is C13H16N2S. The predicted octanol–water partition coefficient (Wildman–Crippen LogP) is 2.91. The average molecular weight is 232 g/mol. The first-order valence-corrected chi connectivity index (χ1v) is 6.72. The molecule has 0 aliphatic rings. The van der Waals surface area contributed by atoms with Crippen molar-refractivity contribution in [2.45, 2.75) is 13.0 Å². The topological polar surface area (TPSA) is 38.9 Å². The van der Waals surface area contributed by atoms with Crippen molar-refractivity contribution in [3.8, 4) is 0 Å². The van der Waals surface area contributed by atoms with Gasteiger partial charge >= 0.3 is 0 Å². The fourth-order valence-electron chi connectivity index (χ4n) is 1.75. The van der Waals surface area contributed by atoms with E-state index in [-0.39, 0.29) is 6.04 Å². The largest absolute Gasteiger partial charge is 0.323 e. The lowest BCUT2D eigenvalue weighted by Crippen LogP contribution is -2.12. The molecule has 1 aromatic heterocycles. The SMILES string of the molecule is CSCC(N)c1ccc2nc(C)ccc2c1. The molecule has 2 nitrogen and oxygen atoms in total. The molecule has 1 atom stereocenters. The molecule has 0 saturated carbocycles. The summed E-state index contributed by atoms with van der Waals surface area (Å²) in [6.07, 6.45) is 2.08. The van der Waals surface area contributed by atoms with Crippen LogP contribution in [0.4, 0.5) is 0 Å². The molecule has 0 saturated heterocycles. The molecule has 0 aliphatic carbocycles. The summed E-state index contributed by atoms with van der Waals surface area (Å²) in [4.78, 5) is 4.48. The fourth-order valence-corrected chi connectivity index (χ4v) is 2.30. The first-order valence-electron chi connectivity index (χ1n) is 5.32. The lowest BCUT2D eigenvalue weighted by Gasteiger charge is -2.11. The molecule has 2 N–H and O–H groups in total. The zero-order chi connectivity index (χ0) is 11.5. The van der Waals surface area contributed by atoms with E-state index < -0.39 is 0 Å². The van der Waals surface area contributed by atoms with Gasteiger partial charge in [0.05, 0.1) is 5.52 Å². The van der Waals surface area contributed by atoms with E-state index in [4.69, 9.17) is 5.73 Å². The highest BCUT2D eigenvalue weighted by Crippen LogP contribution is 2.20. The summed E-state index contributed by atoms with van der Waals surface area (Å²) in [5, 5.41) is 1.17. The minimum absolute atomic E-state index is 0.112. The van der Waals surface area contributed by atoms with E-state index >= 15 is 0 Å². The standard InChI is InChI=1S/C13H16N2S/c1-9-3-4-11-7-10(12(14)8-16-2)5-6-13(11)15-9/h3-7,12H,8,14H2,1-2H3. The summed E-state index contributed by atoms with van der Waals surface area (Å²) in [5.74, 6) is 0.949. The summed E-state index contributed by atoms with van der Waals surface area (Å²) >= 11 is 1.77. The molecule has 1 unspecified atom stereocenters. The van der Waals surface area contributed by atoms with Gasteiger partial charge in [0.2, 0.25) is 0 Å². The number of hydrogen-bond donors (Lipinski definition) is 1. The van der Waals surface area contributed by atoms with Gasteiger partial charge in [-0.05, 0) is 36.9 Å². The van der Waals surface area contributed by atoms with E-state index in [0.717, 1.165) is 17.0 Å². The molecular weight excluding hydrogens is 216 g/mol. The van der Waals surface area contributed by atoms with Crippen molar-refractivity contribution >= 4 is 22.7 Å². The molecule has 0 amide bonds. The second kappa shape index (κ2) is 4.85. The highest BCUT2D eigenvalue weighted by molar-refractivity contribution is 7.98. The number of pyridine rings is 1. The Kier molecular flexibility index (Phi) is 3.46. The Hall–Kier alpha value is -1.06. The normalized spacial score (nSPS) is 12.9. The first-order chi connectivity index (χ1) is 7.70. The van der Waals surface area contributed by atoms with Crippen LogP contribution < -0.4 is 5.73 Å². The molecule has 0 bridgehead atoms. The molecule has 2 rings (SSSR count). The maximum absolute atomic E-state index is 6.09. The van der Waals surface area contributed by atoms with Gasteiger partial charge in [-0.2, -0.15) is 11.8 Å². The van der Waals surface area contributed by atoms with Crippen molar-refractivity contribution < 1.29 is 0 Å². The van der Waals surface area contributed by atoms with Crippen LogP contribution in [0.3, 0.4) is 0 Å². The van der Waals surface area contributed by atoms with Crippen LogP contribution in [0.5, 0.6) is 0 Å². The third kappa shape index (κ3) is 2.36. The quantitative estimate of drug-likeness (QED) is 0.884. The summed E-state index contributed by atoms with van der Waals surface area (Å²) in [6, 6.07) is 10.5. The van der Waals surface area contributed by atoms with Gasteiger partial charge in [-0.1, -0.05) is 12.1 Å². The van der Waals surface area contributed by atoms with Gasteiger partial charge in [-0.3, -0.25) is 4.98 Å². The van der Waals surface area contributed by atoms with Crippen molar-refractivity contribution in [2.24, 2.45) is 5.73 Å². The molecule has 3 heteroatoms. The molecule has 2 aromatic rings. The number of nitrogens with zero attached hydrogens (tertiary/aromatic N) is 1. The van der Waals surface area contributed by atoms with Crippen LogP contribution in [0.15, 0.2) is 30.3 Å². The minimum atomic E-state index is 0.112. The van der Waals surface area contributed by atoms with Crippen molar-refractivity contribution in [3.05, 3.63) is 41.6 Å². The van der Waals surface area contributed by atoms with Gasteiger partial charge in [0.15, 0.2) is 0 Å². The van der Waals surface area contributed by atoms with Crippen LogP contribution in [0.2, 0.25) is 0 Å². The van der Waals surface area contributed by atoms with Crippen molar-refractivity contribution in [3.63, 3.8) is 0 Å². The zero-order valence-corrected chi connectivity index (χ0v) is 10.4. The van der Waals surface area contributed by atoms with Crippen molar-refractivity contribution in [1.82, 2.24) is 4.98 Å². The van der Waals surface area contributed by atoms with Gasteiger partial charge in [-0.15, -0.1) is 0 Å². The Morgan fingerprint density at radius 2 is 2.12 bits per heavy atom. The van der Waals surface area contributed by atoms with E-state index in [9.17, 15) is 0 Å². The average Bonchev–Trinajstić information content (AvgIpc) is 2.28. The lowest BCUT2D eigenvalue weighted by atomic mass is 10.1. The summed E-state index contributed by atoms with van der Waals surface area (Å²) in [6.45, 7) is 2.01. The van der Waals surface area contributed by atoms with E-state index in [1.165, 1.54) is 10.9 Å². The first kappa shape index (κ1) is 11.4. The number of nitrogens with two attached hydrogens (primary N) is 1. The van der Waals surface area contributed by atoms with Crippen molar-refractivity contribution in [1.29, 1.82) is 0 Å². The second-order valence-corrected chi connectivity index (χ2v) is 4.88. The number of rotatable bonds is 3. The van der Waals surface area contributed by atoms with Crippen LogP contribution in [-0.4, -0.2) is 17.0 Å². The zero-order valence-electron chi connectivity index (χ0n) is 9.60. The highest BCUT2D eigenvalue weighted by atomic mass is 32.2. The number of benzene rings is 1. The Labute approximate surface area is 100 Å². The predicted molar refractivity (Wildman–Crippen MR) is 71.8 cm³/mol. The molecule has 1 aromatic carbocycles. The van der Waals surface area contributed by atoms with Crippen LogP contribution in [0, 0.1) is 6.92 Å². The van der Waals surface area contributed by atoms with Crippen LogP contribution >= 0.6 is 11.8 Å². The van der Waals surface area contributed by atoms with Crippen LogP contribution in [0.25, 0.3) is 10.9 Å². The molecule has 0 aliphatic heterocycles. The Balaban J connectivity index is 2.40. The van der Waals surface area contributed by atoms with E-state index in [1.54, 1.807) is 11.8 Å². The van der Waals surface area contributed by atoms with Crippen LogP contribution in [-0.2, 0) is 0 Å². The fraction of sp³-hybridized carbons (Fsp3) is 0.308. The molecule has 16 heavy (non-hydrogen) atoms. The van der Waals surface area contributed by atoms with Gasteiger partial charge in [-0.25, -0.2) is 0 Å². The van der Waals surface area contributed by atoms with Gasteiger partial charge in [0.1, 0.15) is 0 Å². The smallest absolute Gasteiger partial charge is 0.0705 e. The monoisotopic (exact) mass is 232 g/mol. The number of aryl methyl sites for hydroxylation is 1. The van der Waals surface area contributed by atoms with Gasteiger partial charge in [0.25, 0.3) is 0 Å². The third-order valence-electron chi connectivity index (χ3n) is 2.63. The molecule has 0 fully saturated rings. The molecule has 0 radical (unpaired) electrons. The number of aromatic nitrogens is 1. The molecule has 1 heterocycles. The Morgan fingerprint density at radius 3 is 2.88 bits per heavy atom. The number of thioether (sulfide) groups is 1. The Morgan fingerprint density at radius 1 is 1.31 bits per heavy atom. The summed E-state index contributed by atoms with van der Waals surface area (Å²) in [7, 11) is 0. The third-order valence-corrected chi connectivity index (χ3v) is 3.32. The maximum Gasteiger partial charge on any atom is 0.0705 e. The maximum atomic E-state index is 6.09. The van der Waals surface area contributed by atoms with Crippen molar-refractivity contribution in [2.75, 3.05) is 12.0 Å². The summed E-state index contributed by atoms with van der Waals surface area (Å²) < 4.78 is 0. The highest BCUT2D eigenvalue weighted by Gasteiger charge is 2.06. The lowest BCUT2D eigenvalue weighted by molar-refractivity contribution is 0.834. The van der Waals surface area contributed by atoms with E-state index in [2.05, 4.69) is 35.5 Å². The van der Waals surface area contributed by atoms with Gasteiger partial charge < -0.3 is 5.73 Å². The van der Waals surface area contributed by atoms with E-state index in [0.29, 0.717) is 0 Å². The molecule has 84 valence electrons. The summed E-state index contributed by atoms with van der Waals surface area (Å²) in [5.41, 5.74) is 9.36. The molecule has 0 spiro atoms. The minimum Gasteiger partial charge on any atom is -0.323 e. The van der Waals surface area contributed by atoms with Gasteiger partial charge in [0, 0.05) is 22.9 Å². The number of hydrogen-bond acceptors (Lipinski definition) is 3. The second-order valence-electron chi connectivity index (χ2n) is 3.97.